The van der Waals surface area contributed by atoms with Crippen LogP contribution in [-0.2, 0) is 13.0 Å². The maximum atomic E-state index is 12.5. The van der Waals surface area contributed by atoms with Crippen molar-refractivity contribution in [2.24, 2.45) is 0 Å². The molecule has 2 aromatic heterocycles. The molecule has 0 aliphatic carbocycles. The van der Waals surface area contributed by atoms with E-state index in [1.54, 1.807) is 22.7 Å². The summed E-state index contributed by atoms with van der Waals surface area (Å²) in [4.78, 5) is 22.5. The van der Waals surface area contributed by atoms with E-state index in [4.69, 9.17) is 0 Å². The summed E-state index contributed by atoms with van der Waals surface area (Å²) in [5.41, 5.74) is 3.25. The lowest BCUT2D eigenvalue weighted by Crippen LogP contribution is -2.27. The minimum atomic E-state index is -0.213. The predicted octanol–water partition coefficient (Wildman–Crippen LogP) is 2.27. The zero-order chi connectivity index (χ0) is 16.4. The first-order valence-electron chi connectivity index (χ1n) is 7.60. The molecule has 0 spiro atoms. The van der Waals surface area contributed by atoms with Gasteiger partial charge in [-0.15, -0.1) is 5.10 Å². The number of hydrogen-bond donors (Lipinski definition) is 0. The Labute approximate surface area is 134 Å². The summed E-state index contributed by atoms with van der Waals surface area (Å²) in [5.74, 6) is 0.392. The first-order valence-corrected chi connectivity index (χ1v) is 7.60. The Morgan fingerprint density at radius 1 is 1.17 bits per heavy atom. The molecule has 0 aliphatic heterocycles. The van der Waals surface area contributed by atoms with Crippen LogP contribution in [-0.4, -0.2) is 37.4 Å². The third-order valence-electron chi connectivity index (χ3n) is 3.82. The first-order chi connectivity index (χ1) is 11.1. The molecule has 0 saturated heterocycles. The van der Waals surface area contributed by atoms with Gasteiger partial charge in [-0.3, -0.25) is 4.79 Å². The highest BCUT2D eigenvalue weighted by Crippen LogP contribution is 2.10. The highest BCUT2D eigenvalue weighted by molar-refractivity contribution is 5.90. The second kappa shape index (κ2) is 6.16. The molecule has 6 heteroatoms. The van der Waals surface area contributed by atoms with Gasteiger partial charge in [-0.05, 0) is 30.5 Å². The van der Waals surface area contributed by atoms with E-state index in [0.717, 1.165) is 17.7 Å². The average Bonchev–Trinajstić information content (AvgIpc) is 3.00. The highest BCUT2D eigenvalue weighted by atomic mass is 16.2. The second-order valence-electron chi connectivity index (χ2n) is 5.56. The Hall–Kier alpha value is -2.76. The molecule has 1 aromatic carbocycles. The van der Waals surface area contributed by atoms with Crippen molar-refractivity contribution < 1.29 is 4.79 Å². The third kappa shape index (κ3) is 3.06. The van der Waals surface area contributed by atoms with Crippen LogP contribution in [0.4, 0.5) is 0 Å². The molecule has 23 heavy (non-hydrogen) atoms. The molecule has 0 unspecified atom stereocenters. The lowest BCUT2D eigenvalue weighted by molar-refractivity contribution is 0.0773. The molecule has 0 bridgehead atoms. The number of benzene rings is 1. The molecule has 6 nitrogen and oxygen atoms in total. The summed E-state index contributed by atoms with van der Waals surface area (Å²) in [5, 5.41) is 4.25. The number of carbonyl (C=O) groups is 1. The van der Waals surface area contributed by atoms with Gasteiger partial charge in [0.25, 0.3) is 11.7 Å². The van der Waals surface area contributed by atoms with Crippen molar-refractivity contribution in [2.75, 3.05) is 7.05 Å². The zero-order valence-corrected chi connectivity index (χ0v) is 13.5. The second-order valence-corrected chi connectivity index (χ2v) is 5.56. The number of carbonyl (C=O) groups excluding carboxylic acids is 1. The van der Waals surface area contributed by atoms with E-state index in [-0.39, 0.29) is 11.7 Å². The van der Waals surface area contributed by atoms with Crippen LogP contribution in [0.25, 0.3) is 5.78 Å². The van der Waals surface area contributed by atoms with Crippen LogP contribution in [0.15, 0.2) is 36.5 Å². The Morgan fingerprint density at radius 2 is 1.87 bits per heavy atom. The number of rotatable bonds is 4. The maximum Gasteiger partial charge on any atom is 0.293 e. The van der Waals surface area contributed by atoms with Gasteiger partial charge in [-0.25, -0.2) is 9.50 Å². The van der Waals surface area contributed by atoms with E-state index >= 15 is 0 Å². The molecule has 0 aliphatic rings. The van der Waals surface area contributed by atoms with E-state index in [0.29, 0.717) is 12.3 Å². The van der Waals surface area contributed by atoms with Gasteiger partial charge >= 0.3 is 0 Å². The van der Waals surface area contributed by atoms with E-state index in [2.05, 4.69) is 34.1 Å². The Bertz CT molecular complexity index is 838. The lowest BCUT2D eigenvalue weighted by Gasteiger charge is -2.15. The van der Waals surface area contributed by atoms with Gasteiger partial charge < -0.3 is 4.90 Å². The maximum absolute atomic E-state index is 12.5. The van der Waals surface area contributed by atoms with E-state index in [9.17, 15) is 4.79 Å². The van der Waals surface area contributed by atoms with Crippen LogP contribution in [0, 0.1) is 6.92 Å². The average molecular weight is 309 g/mol. The van der Waals surface area contributed by atoms with Gasteiger partial charge in [-0.1, -0.05) is 31.2 Å². The van der Waals surface area contributed by atoms with Gasteiger partial charge in [0.2, 0.25) is 5.82 Å². The zero-order valence-electron chi connectivity index (χ0n) is 13.5. The molecule has 3 aromatic rings. The predicted molar refractivity (Wildman–Crippen MR) is 87.1 cm³/mol. The van der Waals surface area contributed by atoms with Gasteiger partial charge in [0.15, 0.2) is 0 Å². The molecular weight excluding hydrogens is 290 g/mol. The molecular formula is C17H19N5O. The van der Waals surface area contributed by atoms with Crippen molar-refractivity contribution in [2.45, 2.75) is 26.8 Å². The molecule has 3 rings (SSSR count). The van der Waals surface area contributed by atoms with Gasteiger partial charge in [0, 0.05) is 25.5 Å². The van der Waals surface area contributed by atoms with Crippen molar-refractivity contribution in [1.29, 1.82) is 0 Å². The van der Waals surface area contributed by atoms with Gasteiger partial charge in [0.1, 0.15) is 0 Å². The Kier molecular flexibility index (Phi) is 4.06. The van der Waals surface area contributed by atoms with E-state index in [1.165, 1.54) is 5.56 Å². The van der Waals surface area contributed by atoms with Crippen molar-refractivity contribution in [3.63, 3.8) is 0 Å². The van der Waals surface area contributed by atoms with Gasteiger partial charge in [-0.2, -0.15) is 4.98 Å². The minimum Gasteiger partial charge on any atom is -0.335 e. The summed E-state index contributed by atoms with van der Waals surface area (Å²) >= 11 is 0. The van der Waals surface area contributed by atoms with Crippen molar-refractivity contribution in [1.82, 2.24) is 24.5 Å². The monoisotopic (exact) mass is 309 g/mol. The summed E-state index contributed by atoms with van der Waals surface area (Å²) in [6, 6.07) is 10.1. The lowest BCUT2D eigenvalue weighted by atomic mass is 10.1. The number of aryl methyl sites for hydroxylation is 2. The number of nitrogens with zero attached hydrogens (tertiary/aromatic N) is 5. The van der Waals surface area contributed by atoms with Crippen LogP contribution in [0.2, 0.25) is 0 Å². The van der Waals surface area contributed by atoms with Crippen molar-refractivity contribution in [3.8, 4) is 0 Å². The van der Waals surface area contributed by atoms with E-state index < -0.39 is 0 Å². The topological polar surface area (TPSA) is 63.4 Å². The summed E-state index contributed by atoms with van der Waals surface area (Å²) in [6.07, 6.45) is 2.67. The van der Waals surface area contributed by atoms with Crippen LogP contribution in [0.3, 0.4) is 0 Å². The SMILES string of the molecule is CCc1ccc(CN(C)C(=O)c2nc3nccc(C)n3n2)cc1. The fourth-order valence-corrected chi connectivity index (χ4v) is 2.39. The molecule has 118 valence electrons. The molecule has 1 amide bonds. The first kappa shape index (κ1) is 15.1. The Morgan fingerprint density at radius 3 is 2.52 bits per heavy atom. The van der Waals surface area contributed by atoms with Crippen molar-refractivity contribution >= 4 is 11.7 Å². The van der Waals surface area contributed by atoms with Gasteiger partial charge in [0.05, 0.1) is 0 Å². The van der Waals surface area contributed by atoms with E-state index in [1.807, 2.05) is 25.1 Å². The van der Waals surface area contributed by atoms with Crippen LogP contribution >= 0.6 is 0 Å². The smallest absolute Gasteiger partial charge is 0.293 e. The largest absolute Gasteiger partial charge is 0.335 e. The third-order valence-corrected chi connectivity index (χ3v) is 3.82. The quantitative estimate of drug-likeness (QED) is 0.741. The normalized spacial score (nSPS) is 10.9. The standard InChI is InChI=1S/C17H19N5O/c1-4-13-5-7-14(8-6-13)11-21(3)16(23)15-19-17-18-10-9-12(2)22(17)20-15/h5-10H,4,11H2,1-3H3. The fourth-order valence-electron chi connectivity index (χ4n) is 2.39. The number of fused-ring (bicyclic) bond motifs is 1. The van der Waals surface area contributed by atoms with Crippen molar-refractivity contribution in [3.05, 3.63) is 59.2 Å². The number of aromatic nitrogens is 4. The van der Waals surface area contributed by atoms with Crippen LogP contribution in [0.5, 0.6) is 0 Å². The molecule has 0 fully saturated rings. The molecule has 0 atom stereocenters. The molecule has 0 N–H and O–H groups in total. The summed E-state index contributed by atoms with van der Waals surface area (Å²) in [6.45, 7) is 4.54. The number of hydrogen-bond acceptors (Lipinski definition) is 4. The van der Waals surface area contributed by atoms with Crippen LogP contribution in [0.1, 0.15) is 34.4 Å². The number of amides is 1. The van der Waals surface area contributed by atoms with Crippen LogP contribution < -0.4 is 0 Å². The molecule has 0 radical (unpaired) electrons. The minimum absolute atomic E-state index is 0.166. The highest BCUT2D eigenvalue weighted by Gasteiger charge is 2.18. The molecule has 2 heterocycles. The fraction of sp³-hybridized carbons (Fsp3) is 0.294. The summed E-state index contributed by atoms with van der Waals surface area (Å²) in [7, 11) is 1.75. The Balaban J connectivity index is 1.78. The summed E-state index contributed by atoms with van der Waals surface area (Å²) < 4.78 is 1.58. The molecule has 0 saturated carbocycles.